The summed E-state index contributed by atoms with van der Waals surface area (Å²) in [5.41, 5.74) is 0. The number of rotatable bonds is 60. The highest BCUT2D eigenvalue weighted by atomic mass is 16.3. The number of carbonyl (C=O) groups excluding carboxylic acids is 1. The van der Waals surface area contributed by atoms with Gasteiger partial charge in [0.05, 0.1) is 18.8 Å². The predicted octanol–water partition coefficient (Wildman–Crippen LogP) is 21.8. The van der Waals surface area contributed by atoms with Gasteiger partial charge in [-0.2, -0.15) is 0 Å². The van der Waals surface area contributed by atoms with Gasteiger partial charge in [-0.25, -0.2) is 0 Å². The fourth-order valence-electron chi connectivity index (χ4n) is 10.2. The highest BCUT2D eigenvalue weighted by Crippen LogP contribution is 2.19. The Morgan fingerprint density at radius 1 is 0.352 bits per heavy atom. The summed E-state index contributed by atoms with van der Waals surface area (Å²) in [5.74, 6) is -0.0263. The second-order valence-corrected chi connectivity index (χ2v) is 22.2. The summed E-state index contributed by atoms with van der Waals surface area (Å²) in [7, 11) is 0. The molecule has 0 aromatic heterocycles. The molecule has 4 nitrogen and oxygen atoms in total. The van der Waals surface area contributed by atoms with E-state index in [0.29, 0.717) is 12.8 Å². The average molecular weight is 995 g/mol. The zero-order valence-corrected chi connectivity index (χ0v) is 48.3. The Kier molecular flexibility index (Phi) is 61.2. The Labute approximate surface area is 445 Å². The van der Waals surface area contributed by atoms with Gasteiger partial charge in [-0.3, -0.25) is 4.79 Å². The van der Waals surface area contributed by atoms with Crippen molar-refractivity contribution in [1.29, 1.82) is 0 Å². The topological polar surface area (TPSA) is 69.6 Å². The Morgan fingerprint density at radius 2 is 0.620 bits per heavy atom. The molecular formula is C67H127NO3. The van der Waals surface area contributed by atoms with Gasteiger partial charge in [-0.05, 0) is 51.4 Å². The minimum Gasteiger partial charge on any atom is -0.394 e. The quantitative estimate of drug-likeness (QED) is 0.0420. The highest BCUT2D eigenvalue weighted by molar-refractivity contribution is 5.76. The number of aliphatic hydroxyl groups excluding tert-OH is 2. The summed E-state index contributed by atoms with van der Waals surface area (Å²) >= 11 is 0. The second-order valence-electron chi connectivity index (χ2n) is 22.2. The fourth-order valence-corrected chi connectivity index (χ4v) is 10.2. The number of unbranched alkanes of at least 4 members (excludes halogenated alkanes) is 45. The molecule has 0 aromatic rings. The lowest BCUT2D eigenvalue weighted by Gasteiger charge is -2.22. The fraction of sp³-hybridized carbons (Fsp3) is 0.866. The average Bonchev–Trinajstić information content (AvgIpc) is 3.37. The maximum Gasteiger partial charge on any atom is 0.220 e. The molecule has 0 bridgehead atoms. The first-order chi connectivity index (χ1) is 35.2. The van der Waals surface area contributed by atoms with Crippen LogP contribution >= 0.6 is 0 Å². The van der Waals surface area contributed by atoms with Crippen LogP contribution < -0.4 is 5.32 Å². The van der Waals surface area contributed by atoms with Gasteiger partial charge in [0.25, 0.3) is 0 Å². The molecule has 0 fully saturated rings. The van der Waals surface area contributed by atoms with Gasteiger partial charge in [-0.1, -0.05) is 345 Å². The summed E-state index contributed by atoms with van der Waals surface area (Å²) in [6.07, 6.45) is 87.1. The van der Waals surface area contributed by atoms with Gasteiger partial charge < -0.3 is 15.5 Å². The third kappa shape index (κ3) is 59.1. The molecule has 3 N–H and O–H groups in total. The van der Waals surface area contributed by atoms with Gasteiger partial charge >= 0.3 is 0 Å². The summed E-state index contributed by atoms with van der Waals surface area (Å²) in [6.45, 7) is 4.28. The molecule has 0 saturated carbocycles. The summed E-state index contributed by atoms with van der Waals surface area (Å²) in [4.78, 5) is 12.5. The first kappa shape index (κ1) is 69.3. The van der Waals surface area contributed by atoms with Crippen molar-refractivity contribution in [2.24, 2.45) is 0 Å². The van der Waals surface area contributed by atoms with Crippen molar-refractivity contribution in [2.45, 2.75) is 366 Å². The highest BCUT2D eigenvalue weighted by Gasteiger charge is 2.20. The number of amides is 1. The smallest absolute Gasteiger partial charge is 0.220 e. The molecule has 0 aliphatic carbocycles. The number of aliphatic hydroxyl groups is 2. The normalized spacial score (nSPS) is 13.0. The molecule has 0 aliphatic heterocycles. The molecule has 0 heterocycles. The van der Waals surface area contributed by atoms with E-state index in [2.05, 4.69) is 67.8 Å². The van der Waals surface area contributed by atoms with Crippen LogP contribution in [0.5, 0.6) is 0 Å². The molecule has 0 rings (SSSR count). The van der Waals surface area contributed by atoms with Crippen LogP contribution in [0.4, 0.5) is 0 Å². The number of carbonyl (C=O) groups is 1. The maximum absolute atomic E-state index is 12.5. The lowest BCUT2D eigenvalue weighted by molar-refractivity contribution is -0.123. The van der Waals surface area contributed by atoms with E-state index < -0.39 is 12.1 Å². The molecule has 418 valence electrons. The van der Waals surface area contributed by atoms with E-state index in [1.54, 1.807) is 0 Å². The standard InChI is InChI=1S/C67H127NO3/c1-3-5-7-9-11-13-15-17-19-21-23-25-27-29-31-33-35-36-38-40-42-44-46-48-50-52-54-56-58-60-62-66(70)65(64-69)68-67(71)63-61-59-57-55-53-51-49-47-45-43-41-39-37-34-32-30-28-26-24-22-20-18-16-14-12-10-8-6-4-2/h6,8,12,14,18,20,24,26,65-66,69-70H,3-5,7,9-11,13,15-17,19,21-23,25,27-64H2,1-2H3,(H,68,71)/b8-6-,14-12-,20-18-,26-24-. The van der Waals surface area contributed by atoms with Gasteiger partial charge in [0, 0.05) is 6.42 Å². The van der Waals surface area contributed by atoms with Crippen molar-refractivity contribution in [3.63, 3.8) is 0 Å². The van der Waals surface area contributed by atoms with Crippen molar-refractivity contribution in [3.05, 3.63) is 48.6 Å². The molecule has 0 saturated heterocycles. The van der Waals surface area contributed by atoms with Crippen LogP contribution in [-0.2, 0) is 4.79 Å². The molecule has 4 heteroatoms. The first-order valence-electron chi connectivity index (χ1n) is 32.3. The van der Waals surface area contributed by atoms with E-state index in [0.717, 1.165) is 51.4 Å². The van der Waals surface area contributed by atoms with E-state index in [1.807, 2.05) is 0 Å². The SMILES string of the molecule is CC/C=C\C/C=C\C/C=C\C/C=C\CCCCCCCCCCCCCCCCCCC(=O)NC(CO)C(O)CCCCCCCCCCCCCCCCCCCCCCCCCCCCCCCC. The molecule has 2 unspecified atom stereocenters. The van der Waals surface area contributed by atoms with Crippen LogP contribution in [0, 0.1) is 0 Å². The largest absolute Gasteiger partial charge is 0.394 e. The summed E-state index contributed by atoms with van der Waals surface area (Å²) in [5, 5.41) is 23.4. The minimum absolute atomic E-state index is 0.0263. The maximum atomic E-state index is 12.5. The lowest BCUT2D eigenvalue weighted by atomic mass is 10.0. The van der Waals surface area contributed by atoms with Crippen molar-refractivity contribution in [3.8, 4) is 0 Å². The molecule has 0 spiro atoms. The van der Waals surface area contributed by atoms with E-state index in [-0.39, 0.29) is 12.5 Å². The molecule has 0 radical (unpaired) electrons. The van der Waals surface area contributed by atoms with Crippen LogP contribution in [0.25, 0.3) is 0 Å². The van der Waals surface area contributed by atoms with Crippen LogP contribution in [0.2, 0.25) is 0 Å². The van der Waals surface area contributed by atoms with Crippen molar-refractivity contribution in [1.82, 2.24) is 5.32 Å². The number of allylic oxidation sites excluding steroid dienone is 8. The monoisotopic (exact) mass is 994 g/mol. The van der Waals surface area contributed by atoms with Crippen molar-refractivity contribution >= 4 is 5.91 Å². The molecular weight excluding hydrogens is 867 g/mol. The van der Waals surface area contributed by atoms with E-state index >= 15 is 0 Å². The van der Waals surface area contributed by atoms with Gasteiger partial charge in [-0.15, -0.1) is 0 Å². The summed E-state index contributed by atoms with van der Waals surface area (Å²) in [6, 6.07) is -0.538. The Hall–Kier alpha value is -1.65. The van der Waals surface area contributed by atoms with E-state index in [9.17, 15) is 15.0 Å². The summed E-state index contributed by atoms with van der Waals surface area (Å²) < 4.78 is 0. The Morgan fingerprint density at radius 3 is 0.930 bits per heavy atom. The second kappa shape index (κ2) is 62.6. The van der Waals surface area contributed by atoms with Gasteiger partial charge in [0.15, 0.2) is 0 Å². The number of hydrogen-bond acceptors (Lipinski definition) is 3. The van der Waals surface area contributed by atoms with Gasteiger partial charge in [0.1, 0.15) is 0 Å². The number of nitrogens with one attached hydrogen (secondary N) is 1. The molecule has 2 atom stereocenters. The van der Waals surface area contributed by atoms with Crippen LogP contribution in [0.3, 0.4) is 0 Å². The molecule has 0 aromatic carbocycles. The van der Waals surface area contributed by atoms with Crippen LogP contribution in [0.1, 0.15) is 354 Å². The zero-order valence-electron chi connectivity index (χ0n) is 48.3. The van der Waals surface area contributed by atoms with Crippen molar-refractivity contribution < 1.29 is 15.0 Å². The third-order valence-electron chi connectivity index (χ3n) is 15.1. The lowest BCUT2D eigenvalue weighted by Crippen LogP contribution is -2.45. The zero-order chi connectivity index (χ0) is 51.3. The minimum atomic E-state index is -0.662. The Balaban J connectivity index is 3.41. The molecule has 0 aliphatic rings. The van der Waals surface area contributed by atoms with E-state index in [1.165, 1.54) is 276 Å². The molecule has 71 heavy (non-hydrogen) atoms. The Bertz CT molecular complexity index is 1130. The van der Waals surface area contributed by atoms with Crippen LogP contribution in [0.15, 0.2) is 48.6 Å². The third-order valence-corrected chi connectivity index (χ3v) is 15.1. The van der Waals surface area contributed by atoms with Gasteiger partial charge in [0.2, 0.25) is 5.91 Å². The van der Waals surface area contributed by atoms with E-state index in [4.69, 9.17) is 0 Å². The van der Waals surface area contributed by atoms with Crippen molar-refractivity contribution in [2.75, 3.05) is 6.61 Å². The first-order valence-corrected chi connectivity index (χ1v) is 32.3. The predicted molar refractivity (Wildman–Crippen MR) is 318 cm³/mol. The molecule has 1 amide bonds. The van der Waals surface area contributed by atoms with Crippen LogP contribution in [-0.4, -0.2) is 34.9 Å². The number of hydrogen-bond donors (Lipinski definition) is 3.